The van der Waals surface area contributed by atoms with Crippen LogP contribution in [0.15, 0.2) is 0 Å². The normalized spacial score (nSPS) is 30.9. The van der Waals surface area contributed by atoms with Crippen LogP contribution >= 0.6 is 0 Å². The van der Waals surface area contributed by atoms with E-state index in [1.807, 2.05) is 0 Å². The molecule has 3 aliphatic heterocycles. The molecule has 3 fully saturated rings. The zero-order valence-electron chi connectivity index (χ0n) is 14.1. The zero-order valence-corrected chi connectivity index (χ0v) is 14.1. The number of carbonyl (C=O) groups excluding carboxylic acids is 2. The van der Waals surface area contributed by atoms with E-state index in [-0.39, 0.29) is 5.91 Å². The summed E-state index contributed by atoms with van der Waals surface area (Å²) in [5, 5.41) is 2.97. The summed E-state index contributed by atoms with van der Waals surface area (Å²) >= 11 is 0. The molecule has 0 aliphatic carbocycles. The number of likely N-dealkylation sites (tertiary alicyclic amines) is 1. The van der Waals surface area contributed by atoms with Gasteiger partial charge in [0.2, 0.25) is 11.8 Å². The summed E-state index contributed by atoms with van der Waals surface area (Å²) in [5.74, 6) is 1.54. The molecule has 3 saturated heterocycles. The average Bonchev–Trinajstić information content (AvgIpc) is 2.53. The number of piperidine rings is 3. The van der Waals surface area contributed by atoms with Crippen molar-refractivity contribution in [3.8, 4) is 0 Å². The molecule has 0 saturated carbocycles. The van der Waals surface area contributed by atoms with Crippen LogP contribution in [0.2, 0.25) is 0 Å². The van der Waals surface area contributed by atoms with E-state index in [2.05, 4.69) is 15.1 Å². The van der Waals surface area contributed by atoms with Gasteiger partial charge in [0.25, 0.3) is 0 Å². The van der Waals surface area contributed by atoms with Crippen molar-refractivity contribution >= 4 is 11.8 Å². The Bertz CT molecular complexity index is 443. The van der Waals surface area contributed by atoms with Gasteiger partial charge in [-0.25, -0.2) is 0 Å². The monoisotopic (exact) mass is 323 g/mol. The van der Waals surface area contributed by atoms with Crippen LogP contribution in [0.3, 0.4) is 0 Å². The number of hydrogen-bond donors (Lipinski definition) is 1. The molecule has 3 aliphatic rings. The van der Waals surface area contributed by atoms with Crippen LogP contribution < -0.4 is 5.32 Å². The third-order valence-corrected chi connectivity index (χ3v) is 5.47. The minimum atomic E-state index is 0.109. The van der Waals surface area contributed by atoms with Crippen LogP contribution in [0.25, 0.3) is 0 Å². The first-order valence-electron chi connectivity index (χ1n) is 8.95. The zero-order chi connectivity index (χ0) is 16.2. The first-order chi connectivity index (χ1) is 11.2. The predicted molar refractivity (Wildman–Crippen MR) is 86.9 cm³/mol. The minimum Gasteiger partial charge on any atom is -0.385 e. The van der Waals surface area contributed by atoms with Gasteiger partial charge in [0.05, 0.1) is 6.54 Å². The van der Waals surface area contributed by atoms with Crippen molar-refractivity contribution in [2.45, 2.75) is 38.1 Å². The van der Waals surface area contributed by atoms with E-state index < -0.39 is 0 Å². The fourth-order valence-electron chi connectivity index (χ4n) is 4.54. The topological polar surface area (TPSA) is 61.9 Å². The van der Waals surface area contributed by atoms with E-state index in [1.165, 1.54) is 6.42 Å². The molecule has 2 unspecified atom stereocenters. The summed E-state index contributed by atoms with van der Waals surface area (Å²) in [7, 11) is 1.67. The summed E-state index contributed by atoms with van der Waals surface area (Å²) in [6, 6.07) is 0.417. The van der Waals surface area contributed by atoms with Crippen LogP contribution in [0.5, 0.6) is 0 Å². The number of methoxy groups -OCH3 is 1. The van der Waals surface area contributed by atoms with Crippen molar-refractivity contribution in [1.82, 2.24) is 15.1 Å². The Morgan fingerprint density at radius 2 is 2.22 bits per heavy atom. The van der Waals surface area contributed by atoms with E-state index in [4.69, 9.17) is 4.74 Å². The summed E-state index contributed by atoms with van der Waals surface area (Å²) in [5.41, 5.74) is 0. The summed E-state index contributed by atoms with van der Waals surface area (Å²) in [6.45, 7) is 4.64. The molecular weight excluding hydrogens is 294 g/mol. The molecule has 3 rings (SSSR count). The van der Waals surface area contributed by atoms with Gasteiger partial charge in [-0.2, -0.15) is 0 Å². The van der Waals surface area contributed by atoms with E-state index in [0.717, 1.165) is 45.3 Å². The Morgan fingerprint density at radius 1 is 1.35 bits per heavy atom. The highest BCUT2D eigenvalue weighted by Gasteiger charge is 2.43. The van der Waals surface area contributed by atoms with Gasteiger partial charge in [-0.05, 0) is 37.5 Å². The highest BCUT2D eigenvalue weighted by atomic mass is 16.5. The molecule has 0 aromatic heterocycles. The number of hydrogen-bond acceptors (Lipinski definition) is 4. The molecule has 0 aromatic carbocycles. The quantitative estimate of drug-likeness (QED) is 0.722. The summed E-state index contributed by atoms with van der Waals surface area (Å²) in [4.78, 5) is 28.6. The molecule has 2 bridgehead atoms. The van der Waals surface area contributed by atoms with Gasteiger partial charge >= 0.3 is 0 Å². The van der Waals surface area contributed by atoms with Gasteiger partial charge in [0.15, 0.2) is 0 Å². The maximum absolute atomic E-state index is 12.1. The number of rotatable bonds is 6. The Morgan fingerprint density at radius 3 is 3.04 bits per heavy atom. The molecule has 2 amide bonds. The second-order valence-electron chi connectivity index (χ2n) is 7.26. The van der Waals surface area contributed by atoms with Crippen LogP contribution in [0.4, 0.5) is 0 Å². The lowest BCUT2D eigenvalue weighted by atomic mass is 9.76. The number of ether oxygens (including phenoxy) is 1. The summed E-state index contributed by atoms with van der Waals surface area (Å²) < 4.78 is 4.99. The Hall–Kier alpha value is -1.14. The van der Waals surface area contributed by atoms with Gasteiger partial charge in [0.1, 0.15) is 0 Å². The largest absolute Gasteiger partial charge is 0.385 e. The van der Waals surface area contributed by atoms with Crippen LogP contribution in [0.1, 0.15) is 32.1 Å². The number of fused-ring (bicyclic) bond motifs is 4. The van der Waals surface area contributed by atoms with E-state index in [1.54, 1.807) is 7.11 Å². The highest BCUT2D eigenvalue weighted by Crippen LogP contribution is 2.37. The average molecular weight is 323 g/mol. The number of amides is 2. The van der Waals surface area contributed by atoms with Crippen molar-refractivity contribution in [2.24, 2.45) is 11.8 Å². The lowest BCUT2D eigenvalue weighted by Gasteiger charge is -2.52. The first kappa shape index (κ1) is 16.7. The maximum Gasteiger partial charge on any atom is 0.234 e. The molecule has 3 atom stereocenters. The second kappa shape index (κ2) is 7.62. The highest BCUT2D eigenvalue weighted by molar-refractivity contribution is 5.78. The standard InChI is InChI=1S/C17H29N3O3/c1-23-7-3-6-18-16(21)12-19-9-13-8-14(11-19)15-4-2-5-17(22)20(15)10-13/h13-15H,2-12H2,1H3,(H,18,21)/t13?,14?,15-/m1/s1. The fourth-order valence-corrected chi connectivity index (χ4v) is 4.54. The van der Waals surface area contributed by atoms with E-state index >= 15 is 0 Å². The van der Waals surface area contributed by atoms with Gasteiger partial charge in [0, 0.05) is 52.4 Å². The SMILES string of the molecule is COCCCNC(=O)CN1CC2CC(C1)[C@H]1CCCC(=O)N1C2. The smallest absolute Gasteiger partial charge is 0.234 e. The minimum absolute atomic E-state index is 0.109. The predicted octanol–water partition coefficient (Wildman–Crippen LogP) is 0.472. The van der Waals surface area contributed by atoms with Gasteiger partial charge < -0.3 is 15.0 Å². The molecule has 6 nitrogen and oxygen atoms in total. The molecular formula is C17H29N3O3. The number of nitrogens with zero attached hydrogens (tertiary/aromatic N) is 2. The molecule has 0 spiro atoms. The van der Waals surface area contributed by atoms with Crippen molar-refractivity contribution in [2.75, 3.05) is 46.4 Å². The molecule has 0 aromatic rings. The summed E-state index contributed by atoms with van der Waals surface area (Å²) in [6.07, 6.45) is 4.97. The molecule has 3 heterocycles. The molecule has 1 N–H and O–H groups in total. The molecule has 6 heteroatoms. The van der Waals surface area contributed by atoms with Crippen molar-refractivity contribution in [1.29, 1.82) is 0 Å². The fraction of sp³-hybridized carbons (Fsp3) is 0.882. The number of nitrogens with one attached hydrogen (secondary N) is 1. The van der Waals surface area contributed by atoms with Crippen LogP contribution in [-0.4, -0.2) is 74.1 Å². The van der Waals surface area contributed by atoms with E-state index in [9.17, 15) is 9.59 Å². The Kier molecular flexibility index (Phi) is 5.54. The lowest BCUT2D eigenvalue weighted by Crippen LogP contribution is -2.61. The van der Waals surface area contributed by atoms with Crippen molar-refractivity contribution in [3.05, 3.63) is 0 Å². The van der Waals surface area contributed by atoms with Crippen molar-refractivity contribution < 1.29 is 14.3 Å². The Balaban J connectivity index is 1.49. The maximum atomic E-state index is 12.1. The van der Waals surface area contributed by atoms with Gasteiger partial charge in [-0.3, -0.25) is 14.5 Å². The number of carbonyl (C=O) groups is 2. The van der Waals surface area contributed by atoms with Gasteiger partial charge in [-0.1, -0.05) is 0 Å². The van der Waals surface area contributed by atoms with Gasteiger partial charge in [-0.15, -0.1) is 0 Å². The van der Waals surface area contributed by atoms with Crippen molar-refractivity contribution in [3.63, 3.8) is 0 Å². The molecule has 0 radical (unpaired) electrons. The molecule has 130 valence electrons. The van der Waals surface area contributed by atoms with Crippen LogP contribution in [0, 0.1) is 11.8 Å². The second-order valence-corrected chi connectivity index (χ2v) is 7.26. The Labute approximate surface area is 138 Å². The third-order valence-electron chi connectivity index (χ3n) is 5.47. The lowest BCUT2D eigenvalue weighted by molar-refractivity contribution is -0.145. The van der Waals surface area contributed by atoms with E-state index in [0.29, 0.717) is 43.5 Å². The van der Waals surface area contributed by atoms with Crippen LogP contribution in [-0.2, 0) is 14.3 Å². The third kappa shape index (κ3) is 4.04. The molecule has 23 heavy (non-hydrogen) atoms. The first-order valence-corrected chi connectivity index (χ1v) is 8.95.